The van der Waals surface area contributed by atoms with Gasteiger partial charge >= 0.3 is 0 Å². The predicted molar refractivity (Wildman–Crippen MR) is 234 cm³/mol. The van der Waals surface area contributed by atoms with Gasteiger partial charge < -0.3 is 0 Å². The summed E-state index contributed by atoms with van der Waals surface area (Å²) in [7, 11) is 0. The summed E-state index contributed by atoms with van der Waals surface area (Å²) in [4.78, 5) is 16.8. The minimum absolute atomic E-state index is 0.00534. The first-order valence-corrected chi connectivity index (χ1v) is 19.6. The Kier molecular flexibility index (Phi) is 6.24. The van der Waals surface area contributed by atoms with Gasteiger partial charge in [-0.2, -0.15) is 0 Å². The van der Waals surface area contributed by atoms with Crippen LogP contribution in [0.4, 0.5) is 0 Å². The van der Waals surface area contributed by atoms with Crippen molar-refractivity contribution in [1.82, 2.24) is 24.1 Å². The molecular weight excluding hydrogens is 715 g/mol. The molecule has 0 bridgehead atoms. The van der Waals surface area contributed by atoms with Crippen LogP contribution in [-0.4, -0.2) is 24.1 Å². The van der Waals surface area contributed by atoms with Gasteiger partial charge in [0.05, 0.1) is 22.2 Å². The highest BCUT2D eigenvalue weighted by molar-refractivity contribution is 7.99. The van der Waals surface area contributed by atoms with Crippen LogP contribution >= 0.6 is 11.8 Å². The van der Waals surface area contributed by atoms with Crippen molar-refractivity contribution in [2.24, 2.45) is 0 Å². The number of para-hydroxylation sites is 3. The molecule has 0 amide bonds. The molecule has 57 heavy (non-hydrogen) atoms. The largest absolute Gasteiger partial charge is 0.295 e. The van der Waals surface area contributed by atoms with E-state index in [-0.39, 0.29) is 41.2 Å². The maximum atomic E-state index is 9.71. The summed E-state index contributed by atoms with van der Waals surface area (Å²) < 4.78 is 42.8. The lowest BCUT2D eigenvalue weighted by atomic mass is 10.00. The first-order chi connectivity index (χ1) is 29.9. The second-order valence-electron chi connectivity index (χ2n) is 14.1. The molecule has 0 spiro atoms. The third-order valence-electron chi connectivity index (χ3n) is 10.8. The van der Waals surface area contributed by atoms with Gasteiger partial charge in [-0.1, -0.05) is 145 Å². The fraction of sp³-hybridized carbons (Fsp3) is 0. The molecule has 8 aromatic carbocycles. The van der Waals surface area contributed by atoms with Crippen LogP contribution in [0.3, 0.4) is 0 Å². The maximum Gasteiger partial charge on any atom is 0.164 e. The summed E-state index contributed by atoms with van der Waals surface area (Å²) in [6, 6.07) is 54.0. The number of hydrogen-bond donors (Lipinski definition) is 0. The Morgan fingerprint density at radius 2 is 1.05 bits per heavy atom. The molecule has 11 aromatic rings. The van der Waals surface area contributed by atoms with Crippen molar-refractivity contribution in [2.75, 3.05) is 0 Å². The minimum Gasteiger partial charge on any atom is -0.295 e. The van der Waals surface area contributed by atoms with Crippen molar-refractivity contribution in [1.29, 1.82) is 0 Å². The van der Waals surface area contributed by atoms with Gasteiger partial charge in [0.15, 0.2) is 17.5 Å². The molecule has 1 aliphatic rings. The molecule has 1 aliphatic heterocycles. The van der Waals surface area contributed by atoms with Gasteiger partial charge in [0, 0.05) is 48.3 Å². The number of benzene rings is 8. The number of fused-ring (bicyclic) bond motifs is 8. The van der Waals surface area contributed by atoms with Gasteiger partial charge in [0.2, 0.25) is 0 Å². The van der Waals surface area contributed by atoms with E-state index in [1.807, 2.05) is 102 Å². The van der Waals surface area contributed by atoms with Gasteiger partial charge in [0.25, 0.3) is 0 Å². The molecule has 4 heterocycles. The lowest BCUT2D eigenvalue weighted by molar-refractivity contribution is 1.03. The molecule has 12 rings (SSSR count). The zero-order chi connectivity index (χ0) is 40.9. The van der Waals surface area contributed by atoms with Crippen molar-refractivity contribution in [2.45, 2.75) is 9.79 Å². The Morgan fingerprint density at radius 1 is 0.439 bits per heavy atom. The molecule has 6 heteroatoms. The van der Waals surface area contributed by atoms with Crippen LogP contribution < -0.4 is 0 Å². The van der Waals surface area contributed by atoms with Crippen molar-refractivity contribution < 1.29 is 5.48 Å². The first kappa shape index (κ1) is 28.2. The molecule has 0 saturated carbocycles. The van der Waals surface area contributed by atoms with Gasteiger partial charge in [-0.05, 0) is 76.4 Å². The molecule has 0 fully saturated rings. The van der Waals surface area contributed by atoms with E-state index in [1.165, 1.54) is 5.39 Å². The third kappa shape index (κ3) is 5.08. The molecule has 0 saturated heterocycles. The lowest BCUT2D eigenvalue weighted by Crippen LogP contribution is -2.05. The average Bonchev–Trinajstić information content (AvgIpc) is 3.83. The lowest BCUT2D eigenvalue weighted by Gasteiger charge is -2.21. The smallest absolute Gasteiger partial charge is 0.164 e. The predicted octanol–water partition coefficient (Wildman–Crippen LogP) is 13.2. The topological polar surface area (TPSA) is 48.5 Å². The maximum absolute atomic E-state index is 9.71. The Labute approximate surface area is 338 Å². The summed E-state index contributed by atoms with van der Waals surface area (Å²) in [5.41, 5.74) is 7.37. The number of aromatic nitrogens is 5. The van der Waals surface area contributed by atoms with Crippen LogP contribution in [0.2, 0.25) is 0 Å². The Balaban J connectivity index is 1.06. The number of nitrogens with zero attached hydrogens (tertiary/aromatic N) is 5. The highest BCUT2D eigenvalue weighted by Crippen LogP contribution is 2.49. The van der Waals surface area contributed by atoms with E-state index in [2.05, 4.69) is 71.3 Å². The van der Waals surface area contributed by atoms with Crippen molar-refractivity contribution in [3.05, 3.63) is 188 Å². The van der Waals surface area contributed by atoms with E-state index in [0.717, 1.165) is 76.0 Å². The van der Waals surface area contributed by atoms with Gasteiger partial charge in [-0.15, -0.1) is 0 Å². The van der Waals surface area contributed by atoms with Gasteiger partial charge in [-0.3, -0.25) is 9.13 Å². The molecule has 266 valence electrons. The fourth-order valence-corrected chi connectivity index (χ4v) is 9.29. The molecule has 0 unspecified atom stereocenters. The normalized spacial score (nSPS) is 13.1. The van der Waals surface area contributed by atoms with E-state index in [0.29, 0.717) is 11.6 Å². The SMILES string of the molecule is [2H]c1c([2H])c(-n2c3ccccc3c3c4cccc5c4n(c32)-c2ccccc2S5)c([2H])c([2H])c1-c1nc(-c2ccccc2)nc(-c2ccc(-c3ccc4ccccc4c3)cc2)n1. The molecule has 0 aliphatic carbocycles. The second-order valence-corrected chi connectivity index (χ2v) is 15.2. The Hall–Kier alpha value is -7.28. The van der Waals surface area contributed by atoms with E-state index in [1.54, 1.807) is 11.8 Å². The first-order valence-electron chi connectivity index (χ1n) is 20.8. The van der Waals surface area contributed by atoms with Crippen molar-refractivity contribution in [3.63, 3.8) is 0 Å². The van der Waals surface area contributed by atoms with Crippen molar-refractivity contribution >= 4 is 55.4 Å². The van der Waals surface area contributed by atoms with Crippen molar-refractivity contribution in [3.8, 4) is 56.7 Å². The van der Waals surface area contributed by atoms with Gasteiger partial charge in [-0.25, -0.2) is 15.0 Å². The monoisotopic (exact) mass is 749 g/mol. The highest BCUT2D eigenvalue weighted by atomic mass is 32.2. The number of hydrogen-bond acceptors (Lipinski definition) is 4. The summed E-state index contributed by atoms with van der Waals surface area (Å²) >= 11 is 1.73. The molecule has 5 nitrogen and oxygen atoms in total. The van der Waals surface area contributed by atoms with E-state index in [9.17, 15) is 5.48 Å². The Bertz CT molecular complexity index is 3590. The zero-order valence-corrected chi connectivity index (χ0v) is 31.0. The van der Waals surface area contributed by atoms with Crippen LogP contribution in [0, 0.1) is 0 Å². The molecule has 0 N–H and O–H groups in total. The van der Waals surface area contributed by atoms with Crippen LogP contribution in [0.15, 0.2) is 198 Å². The third-order valence-corrected chi connectivity index (χ3v) is 11.9. The quantitative estimate of drug-likeness (QED) is 0.176. The van der Waals surface area contributed by atoms with E-state index in [4.69, 9.17) is 15.0 Å². The molecule has 0 radical (unpaired) electrons. The van der Waals surface area contributed by atoms with E-state index >= 15 is 0 Å². The summed E-state index contributed by atoms with van der Waals surface area (Å²) in [6.07, 6.45) is 0. The summed E-state index contributed by atoms with van der Waals surface area (Å²) in [5.74, 6) is 0.788. The highest BCUT2D eigenvalue weighted by Gasteiger charge is 2.27. The van der Waals surface area contributed by atoms with Crippen LogP contribution in [0.1, 0.15) is 5.48 Å². The molecular formula is C51H31N5S. The Morgan fingerprint density at radius 3 is 1.88 bits per heavy atom. The van der Waals surface area contributed by atoms with Crippen LogP contribution in [0.25, 0.3) is 100 Å². The summed E-state index contributed by atoms with van der Waals surface area (Å²) in [5, 5.41) is 5.36. The second kappa shape index (κ2) is 12.6. The average molecular weight is 750 g/mol. The zero-order valence-electron chi connectivity index (χ0n) is 34.2. The number of rotatable bonds is 5. The summed E-state index contributed by atoms with van der Waals surface area (Å²) in [6.45, 7) is 0. The standard InChI is InChI=1S/C51H31N5S/c1-2-12-34(13-3-1)48-52-49(35-24-21-33(22-25-35)38-26-23-32-11-4-5-14-37(32)31-38)54-50(53-48)36-27-29-39(30-28-36)55-42-17-7-6-15-40(42)46-41-16-10-20-45-47(41)56(51(46)55)43-18-8-9-19-44(43)57-45/h1-31H/i27D,28D,29D,30D. The van der Waals surface area contributed by atoms with Gasteiger partial charge in [0.1, 0.15) is 5.65 Å². The van der Waals surface area contributed by atoms with Crippen LogP contribution in [0.5, 0.6) is 0 Å². The fourth-order valence-electron chi connectivity index (χ4n) is 8.20. The van der Waals surface area contributed by atoms with Crippen LogP contribution in [-0.2, 0) is 0 Å². The van der Waals surface area contributed by atoms with E-state index < -0.39 is 0 Å². The molecule has 0 atom stereocenters. The molecule has 3 aromatic heterocycles. The minimum atomic E-state index is -0.240.